The van der Waals surface area contributed by atoms with Gasteiger partial charge in [-0.25, -0.2) is 12.8 Å². The number of ether oxygens (including phenoxy) is 1. The summed E-state index contributed by atoms with van der Waals surface area (Å²) in [5.74, 6) is -0.904. The third-order valence-electron chi connectivity index (χ3n) is 5.38. The summed E-state index contributed by atoms with van der Waals surface area (Å²) in [6.07, 6.45) is 0. The van der Waals surface area contributed by atoms with E-state index >= 15 is 0 Å². The van der Waals surface area contributed by atoms with Crippen molar-refractivity contribution in [3.63, 3.8) is 0 Å². The Morgan fingerprint density at radius 3 is 2.39 bits per heavy atom. The van der Waals surface area contributed by atoms with E-state index in [4.69, 9.17) is 4.74 Å². The molecule has 0 saturated carbocycles. The Labute approximate surface area is 183 Å². The van der Waals surface area contributed by atoms with Gasteiger partial charge in [0.15, 0.2) is 0 Å². The molecule has 0 spiro atoms. The summed E-state index contributed by atoms with van der Waals surface area (Å²) >= 11 is 0. The Kier molecular flexibility index (Phi) is 7.64. The van der Waals surface area contributed by atoms with Gasteiger partial charge in [0.2, 0.25) is 15.9 Å². The number of methoxy groups -OCH3 is 1. The zero-order chi connectivity index (χ0) is 22.4. The summed E-state index contributed by atoms with van der Waals surface area (Å²) in [6, 6.07) is 13.4. The summed E-state index contributed by atoms with van der Waals surface area (Å²) in [4.78, 5) is 16.5. The van der Waals surface area contributed by atoms with Gasteiger partial charge >= 0.3 is 0 Å². The molecule has 2 aromatic rings. The highest BCUT2D eigenvalue weighted by Gasteiger charge is 2.31. The lowest BCUT2D eigenvalue weighted by molar-refractivity contribution is -0.133. The number of hydrogen-bond acceptors (Lipinski definition) is 5. The van der Waals surface area contributed by atoms with Crippen LogP contribution in [0.1, 0.15) is 12.5 Å². The Morgan fingerprint density at radius 2 is 1.77 bits per heavy atom. The first-order chi connectivity index (χ1) is 14.8. The lowest BCUT2D eigenvalue weighted by Crippen LogP contribution is -2.51. The van der Waals surface area contributed by atoms with Crippen LogP contribution < -0.4 is 4.74 Å². The van der Waals surface area contributed by atoms with Crippen molar-refractivity contribution in [2.75, 3.05) is 46.4 Å². The second-order valence-corrected chi connectivity index (χ2v) is 9.28. The van der Waals surface area contributed by atoms with Crippen molar-refractivity contribution in [2.45, 2.75) is 18.4 Å². The zero-order valence-electron chi connectivity index (χ0n) is 17.8. The van der Waals surface area contributed by atoms with Gasteiger partial charge in [-0.3, -0.25) is 9.69 Å². The van der Waals surface area contributed by atoms with E-state index in [0.29, 0.717) is 13.1 Å². The van der Waals surface area contributed by atoms with E-state index in [-0.39, 0.29) is 29.6 Å². The molecule has 1 fully saturated rings. The number of hydrogen-bond donors (Lipinski definition) is 0. The Bertz CT molecular complexity index is 993. The third-order valence-corrected chi connectivity index (χ3v) is 7.32. The molecule has 0 bridgehead atoms. The average Bonchev–Trinajstić information content (AvgIpc) is 2.78. The topological polar surface area (TPSA) is 70.2 Å². The molecular weight excluding hydrogens is 421 g/mol. The van der Waals surface area contributed by atoms with Crippen molar-refractivity contribution in [2.24, 2.45) is 0 Å². The van der Waals surface area contributed by atoms with Crippen LogP contribution in [-0.2, 0) is 21.4 Å². The highest BCUT2D eigenvalue weighted by Crippen LogP contribution is 2.27. The highest BCUT2D eigenvalue weighted by atomic mass is 32.2. The number of carbonyl (C=O) groups is 1. The summed E-state index contributed by atoms with van der Waals surface area (Å²) in [6.45, 7) is 4.76. The van der Waals surface area contributed by atoms with E-state index in [0.717, 1.165) is 36.1 Å². The second-order valence-electron chi connectivity index (χ2n) is 7.37. The maximum Gasteiger partial charge on any atom is 0.247 e. The van der Waals surface area contributed by atoms with Crippen LogP contribution in [0.15, 0.2) is 53.4 Å². The van der Waals surface area contributed by atoms with E-state index in [2.05, 4.69) is 17.0 Å². The maximum atomic E-state index is 13.7. The number of amides is 1. The average molecular weight is 450 g/mol. The molecule has 1 aliphatic heterocycles. The molecule has 0 atom stereocenters. The van der Waals surface area contributed by atoms with Crippen LogP contribution in [0.4, 0.5) is 4.39 Å². The number of nitrogens with zero attached hydrogens (tertiary/aromatic N) is 3. The molecule has 7 nitrogen and oxygen atoms in total. The van der Waals surface area contributed by atoms with Gasteiger partial charge < -0.3 is 9.64 Å². The molecule has 0 unspecified atom stereocenters. The minimum absolute atomic E-state index is 0.0434. The molecule has 1 amide bonds. The van der Waals surface area contributed by atoms with Crippen molar-refractivity contribution in [1.29, 1.82) is 0 Å². The van der Waals surface area contributed by atoms with E-state index in [9.17, 15) is 17.6 Å². The molecule has 0 aliphatic carbocycles. The van der Waals surface area contributed by atoms with Gasteiger partial charge in [0, 0.05) is 39.3 Å². The minimum Gasteiger partial charge on any atom is -0.495 e. The highest BCUT2D eigenvalue weighted by molar-refractivity contribution is 7.89. The van der Waals surface area contributed by atoms with E-state index in [1.165, 1.54) is 18.7 Å². The first-order valence-corrected chi connectivity index (χ1v) is 11.7. The van der Waals surface area contributed by atoms with Crippen molar-refractivity contribution in [3.05, 3.63) is 59.9 Å². The summed E-state index contributed by atoms with van der Waals surface area (Å²) in [5.41, 5.74) is 1.22. The second kappa shape index (κ2) is 10.2. The molecule has 168 valence electrons. The van der Waals surface area contributed by atoms with Crippen LogP contribution in [0.2, 0.25) is 0 Å². The predicted molar refractivity (Wildman–Crippen MR) is 116 cm³/mol. The van der Waals surface area contributed by atoms with Gasteiger partial charge in [-0.1, -0.05) is 37.3 Å². The van der Waals surface area contributed by atoms with Gasteiger partial charge in [-0.15, -0.1) is 0 Å². The fourth-order valence-electron chi connectivity index (χ4n) is 3.61. The lowest BCUT2D eigenvalue weighted by Gasteiger charge is -2.35. The van der Waals surface area contributed by atoms with Crippen LogP contribution >= 0.6 is 0 Å². The van der Waals surface area contributed by atoms with Crippen LogP contribution in [0.3, 0.4) is 0 Å². The number of halogens is 1. The monoisotopic (exact) mass is 449 g/mol. The van der Waals surface area contributed by atoms with Crippen LogP contribution in [0, 0.1) is 5.82 Å². The summed E-state index contributed by atoms with van der Waals surface area (Å²) in [7, 11) is -2.77. The number of rotatable bonds is 8. The molecule has 1 aliphatic rings. The molecule has 1 saturated heterocycles. The first kappa shape index (κ1) is 23.2. The third kappa shape index (κ3) is 5.61. The molecule has 1 heterocycles. The van der Waals surface area contributed by atoms with Crippen LogP contribution in [0.5, 0.6) is 5.75 Å². The SMILES string of the molecule is CCN(CC(=O)N1CCN(Cc2ccccc2)CC1)S(=O)(=O)c1cc(F)ccc1OC. The normalized spacial score (nSPS) is 15.3. The lowest BCUT2D eigenvalue weighted by atomic mass is 10.2. The fraction of sp³-hybridized carbons (Fsp3) is 0.409. The number of piperazine rings is 1. The largest absolute Gasteiger partial charge is 0.495 e. The number of carbonyl (C=O) groups excluding carboxylic acids is 1. The van der Waals surface area contributed by atoms with Gasteiger partial charge in [0.25, 0.3) is 0 Å². The van der Waals surface area contributed by atoms with E-state index in [1.54, 1.807) is 11.8 Å². The molecule has 0 radical (unpaired) electrons. The van der Waals surface area contributed by atoms with Gasteiger partial charge in [0.1, 0.15) is 16.5 Å². The number of benzene rings is 2. The molecule has 0 aromatic heterocycles. The van der Waals surface area contributed by atoms with E-state index < -0.39 is 15.8 Å². The smallest absolute Gasteiger partial charge is 0.247 e. The first-order valence-electron chi connectivity index (χ1n) is 10.2. The molecule has 3 rings (SSSR count). The van der Waals surface area contributed by atoms with Gasteiger partial charge in [-0.05, 0) is 23.8 Å². The Hall–Kier alpha value is -2.49. The van der Waals surface area contributed by atoms with Gasteiger partial charge in [-0.2, -0.15) is 4.31 Å². The van der Waals surface area contributed by atoms with Crippen molar-refractivity contribution < 1.29 is 22.3 Å². The van der Waals surface area contributed by atoms with Crippen molar-refractivity contribution in [3.8, 4) is 5.75 Å². The Balaban J connectivity index is 1.63. The van der Waals surface area contributed by atoms with Crippen molar-refractivity contribution in [1.82, 2.24) is 14.1 Å². The Morgan fingerprint density at radius 1 is 1.10 bits per heavy atom. The van der Waals surface area contributed by atoms with Crippen LogP contribution in [-0.4, -0.2) is 74.8 Å². The number of likely N-dealkylation sites (N-methyl/N-ethyl adjacent to an activating group) is 1. The van der Waals surface area contributed by atoms with Gasteiger partial charge in [0.05, 0.1) is 13.7 Å². The molecule has 31 heavy (non-hydrogen) atoms. The maximum absolute atomic E-state index is 13.7. The van der Waals surface area contributed by atoms with Crippen molar-refractivity contribution >= 4 is 15.9 Å². The minimum atomic E-state index is -4.09. The predicted octanol–water partition coefficient (Wildman–Crippen LogP) is 2.19. The van der Waals surface area contributed by atoms with Crippen LogP contribution in [0.25, 0.3) is 0 Å². The molecule has 9 heteroatoms. The molecular formula is C22H28FN3O4S. The summed E-state index contributed by atoms with van der Waals surface area (Å²) < 4.78 is 46.0. The quantitative estimate of drug-likeness (QED) is 0.618. The zero-order valence-corrected chi connectivity index (χ0v) is 18.6. The molecule has 2 aromatic carbocycles. The number of sulfonamides is 1. The standard InChI is InChI=1S/C22H28FN3O4S/c1-3-26(31(28,29)21-15-19(23)9-10-20(21)30-2)17-22(27)25-13-11-24(12-14-25)16-18-7-5-4-6-8-18/h4-10,15H,3,11-14,16-17H2,1-2H3. The van der Waals surface area contributed by atoms with E-state index in [1.807, 2.05) is 18.2 Å². The molecule has 0 N–H and O–H groups in total. The summed E-state index contributed by atoms with van der Waals surface area (Å²) in [5, 5.41) is 0. The fourth-order valence-corrected chi connectivity index (χ4v) is 5.17.